The monoisotopic (exact) mass is 296 g/mol. The second-order valence-corrected chi connectivity index (χ2v) is 5.34. The van der Waals surface area contributed by atoms with Crippen LogP contribution in [0.2, 0.25) is 0 Å². The average Bonchev–Trinajstić information content (AvgIpc) is 2.88. The Labute approximate surface area is 127 Å². The lowest BCUT2D eigenvalue weighted by molar-refractivity contribution is 0.100. The molecule has 22 heavy (non-hydrogen) atoms. The molecular weight excluding hydrogens is 280 g/mol. The van der Waals surface area contributed by atoms with Crippen LogP contribution in [-0.4, -0.2) is 20.0 Å². The molecule has 0 aliphatic rings. The zero-order valence-corrected chi connectivity index (χ0v) is 12.6. The van der Waals surface area contributed by atoms with E-state index in [9.17, 15) is 9.59 Å². The summed E-state index contributed by atoms with van der Waals surface area (Å²) in [5.74, 6) is -0.419. The normalized spacial score (nSPS) is 10.9. The van der Waals surface area contributed by atoms with Gasteiger partial charge in [-0.15, -0.1) is 0 Å². The van der Waals surface area contributed by atoms with Gasteiger partial charge in [0.15, 0.2) is 0 Å². The Morgan fingerprint density at radius 2 is 2.00 bits per heavy atom. The third-order valence-electron chi connectivity index (χ3n) is 3.48. The molecule has 3 aromatic rings. The van der Waals surface area contributed by atoms with Gasteiger partial charge in [0.25, 0.3) is 11.5 Å². The van der Waals surface area contributed by atoms with E-state index in [4.69, 9.17) is 0 Å². The Kier molecular flexibility index (Phi) is 3.29. The second-order valence-electron chi connectivity index (χ2n) is 5.34. The van der Waals surface area contributed by atoms with Crippen LogP contribution in [-0.2, 0) is 0 Å². The second kappa shape index (κ2) is 5.14. The molecule has 112 valence electrons. The lowest BCUT2D eigenvalue weighted by atomic mass is 10.2. The molecule has 6 heteroatoms. The van der Waals surface area contributed by atoms with Crippen molar-refractivity contribution in [2.45, 2.75) is 20.8 Å². The van der Waals surface area contributed by atoms with Crippen molar-refractivity contribution in [3.63, 3.8) is 0 Å². The predicted octanol–water partition coefficient (Wildman–Crippen LogP) is 1.81. The first-order valence-corrected chi connectivity index (χ1v) is 6.92. The number of pyridine rings is 2. The van der Waals surface area contributed by atoms with Crippen LogP contribution in [0.25, 0.3) is 5.65 Å². The molecule has 0 spiro atoms. The number of imidazole rings is 1. The van der Waals surface area contributed by atoms with E-state index in [1.807, 2.05) is 38.2 Å². The van der Waals surface area contributed by atoms with Crippen molar-refractivity contribution in [1.82, 2.24) is 14.1 Å². The van der Waals surface area contributed by atoms with Gasteiger partial charge < -0.3 is 4.40 Å². The summed E-state index contributed by atoms with van der Waals surface area (Å²) < 4.78 is 3.02. The summed E-state index contributed by atoms with van der Waals surface area (Å²) >= 11 is 0. The molecule has 6 nitrogen and oxygen atoms in total. The van der Waals surface area contributed by atoms with Gasteiger partial charge in [-0.1, -0.05) is 6.07 Å². The molecular formula is C16H16N4O2. The Hall–Kier alpha value is -2.89. The highest BCUT2D eigenvalue weighted by molar-refractivity contribution is 5.98. The smallest absolute Gasteiger partial charge is 0.290 e. The third-order valence-corrected chi connectivity index (χ3v) is 3.48. The number of nitrogens with one attached hydrogen (secondary N) is 1. The number of hydrogen-bond acceptors (Lipinski definition) is 3. The molecule has 3 heterocycles. The maximum absolute atomic E-state index is 12.3. The lowest BCUT2D eigenvalue weighted by Crippen LogP contribution is -2.34. The van der Waals surface area contributed by atoms with E-state index in [1.165, 1.54) is 10.7 Å². The molecule has 1 amide bonds. The molecule has 0 aliphatic carbocycles. The van der Waals surface area contributed by atoms with Crippen molar-refractivity contribution in [1.29, 1.82) is 0 Å². The summed E-state index contributed by atoms with van der Waals surface area (Å²) in [6.45, 7) is 5.53. The molecule has 3 aromatic heterocycles. The van der Waals surface area contributed by atoms with Gasteiger partial charge in [-0.25, -0.2) is 9.66 Å². The number of carbonyl (C=O) groups excluding carboxylic acids is 1. The van der Waals surface area contributed by atoms with Crippen molar-refractivity contribution in [3.05, 3.63) is 69.5 Å². The molecule has 0 bridgehead atoms. The Bertz CT molecular complexity index is 937. The first-order chi connectivity index (χ1) is 10.5. The Morgan fingerprint density at radius 3 is 2.68 bits per heavy atom. The van der Waals surface area contributed by atoms with E-state index in [1.54, 1.807) is 17.5 Å². The molecule has 0 aliphatic heterocycles. The molecule has 0 atom stereocenters. The fraction of sp³-hybridized carbons (Fsp3) is 0.188. The van der Waals surface area contributed by atoms with Crippen LogP contribution >= 0.6 is 0 Å². The van der Waals surface area contributed by atoms with E-state index < -0.39 is 5.91 Å². The minimum Gasteiger partial charge on any atom is -0.306 e. The highest BCUT2D eigenvalue weighted by atomic mass is 16.2. The standard InChI is InChI=1S/C16H16N4O2/c1-10-7-12(3)20(14(21)8-10)18-16(22)13-9-19-6-4-5-11(2)15(19)17-13/h4-9H,1-3H3,(H,18,22). The first-order valence-electron chi connectivity index (χ1n) is 6.92. The molecule has 0 saturated heterocycles. The molecule has 3 rings (SSSR count). The van der Waals surface area contributed by atoms with Crippen LogP contribution in [0.3, 0.4) is 0 Å². The average molecular weight is 296 g/mol. The minimum atomic E-state index is -0.419. The van der Waals surface area contributed by atoms with Gasteiger partial charge in [-0.2, -0.15) is 0 Å². The van der Waals surface area contributed by atoms with Crippen LogP contribution in [0, 0.1) is 20.8 Å². The van der Waals surface area contributed by atoms with Gasteiger partial charge in [0.05, 0.1) is 0 Å². The van der Waals surface area contributed by atoms with Gasteiger partial charge >= 0.3 is 0 Å². The summed E-state index contributed by atoms with van der Waals surface area (Å²) in [4.78, 5) is 28.6. The van der Waals surface area contributed by atoms with Crippen molar-refractivity contribution in [2.75, 3.05) is 5.43 Å². The summed E-state index contributed by atoms with van der Waals surface area (Å²) in [7, 11) is 0. The number of rotatable bonds is 2. The van der Waals surface area contributed by atoms with E-state index in [0.29, 0.717) is 5.69 Å². The van der Waals surface area contributed by atoms with Crippen LogP contribution in [0.5, 0.6) is 0 Å². The summed E-state index contributed by atoms with van der Waals surface area (Å²) in [5, 5.41) is 0. The highest BCUT2D eigenvalue weighted by Gasteiger charge is 2.13. The largest absolute Gasteiger partial charge is 0.306 e. The van der Waals surface area contributed by atoms with Crippen LogP contribution in [0.15, 0.2) is 41.5 Å². The zero-order chi connectivity index (χ0) is 15.9. The molecule has 0 radical (unpaired) electrons. The minimum absolute atomic E-state index is 0.265. The number of fused-ring (bicyclic) bond motifs is 1. The summed E-state index contributed by atoms with van der Waals surface area (Å²) in [6.07, 6.45) is 3.47. The van der Waals surface area contributed by atoms with Crippen molar-refractivity contribution >= 4 is 11.6 Å². The number of hydrogen-bond donors (Lipinski definition) is 1. The number of nitrogens with zero attached hydrogens (tertiary/aromatic N) is 3. The molecule has 0 fully saturated rings. The van der Waals surface area contributed by atoms with Gasteiger partial charge in [0, 0.05) is 24.2 Å². The fourth-order valence-corrected chi connectivity index (χ4v) is 2.43. The Balaban J connectivity index is 1.97. The molecule has 1 N–H and O–H groups in total. The number of aryl methyl sites for hydroxylation is 3. The fourth-order valence-electron chi connectivity index (χ4n) is 2.43. The maximum atomic E-state index is 12.3. The number of aromatic nitrogens is 3. The topological polar surface area (TPSA) is 68.4 Å². The van der Waals surface area contributed by atoms with Crippen LogP contribution in [0.4, 0.5) is 0 Å². The van der Waals surface area contributed by atoms with E-state index >= 15 is 0 Å². The number of carbonyl (C=O) groups is 1. The maximum Gasteiger partial charge on any atom is 0.290 e. The van der Waals surface area contributed by atoms with Crippen molar-refractivity contribution in [3.8, 4) is 0 Å². The lowest BCUT2D eigenvalue weighted by Gasteiger charge is -2.10. The summed E-state index contributed by atoms with van der Waals surface area (Å²) in [6, 6.07) is 7.12. The predicted molar refractivity (Wildman–Crippen MR) is 83.8 cm³/mol. The van der Waals surface area contributed by atoms with Gasteiger partial charge in [0.1, 0.15) is 11.3 Å². The quantitative estimate of drug-likeness (QED) is 0.784. The number of amides is 1. The van der Waals surface area contributed by atoms with Gasteiger partial charge in [-0.3, -0.25) is 15.0 Å². The highest BCUT2D eigenvalue weighted by Crippen LogP contribution is 2.10. The van der Waals surface area contributed by atoms with Crippen LogP contribution < -0.4 is 11.0 Å². The third kappa shape index (κ3) is 2.39. The van der Waals surface area contributed by atoms with Gasteiger partial charge in [-0.05, 0) is 44.0 Å². The van der Waals surface area contributed by atoms with E-state index in [0.717, 1.165) is 16.8 Å². The zero-order valence-electron chi connectivity index (χ0n) is 12.6. The molecule has 0 aromatic carbocycles. The molecule has 0 unspecified atom stereocenters. The SMILES string of the molecule is Cc1cc(C)n(NC(=O)c2cn3cccc(C)c3n2)c(=O)c1. The molecule has 0 saturated carbocycles. The van der Waals surface area contributed by atoms with Crippen LogP contribution in [0.1, 0.15) is 27.3 Å². The van der Waals surface area contributed by atoms with Crippen molar-refractivity contribution < 1.29 is 4.79 Å². The summed E-state index contributed by atoms with van der Waals surface area (Å²) in [5.41, 5.74) is 5.81. The van der Waals surface area contributed by atoms with E-state index in [2.05, 4.69) is 10.4 Å². The van der Waals surface area contributed by atoms with E-state index in [-0.39, 0.29) is 11.3 Å². The van der Waals surface area contributed by atoms with Gasteiger partial charge in [0.2, 0.25) is 0 Å². The first kappa shape index (κ1) is 14.1. The Morgan fingerprint density at radius 1 is 1.23 bits per heavy atom. The van der Waals surface area contributed by atoms with Crippen molar-refractivity contribution in [2.24, 2.45) is 0 Å².